The van der Waals surface area contributed by atoms with Crippen LogP contribution in [0, 0.1) is 5.92 Å². The van der Waals surface area contributed by atoms with Crippen molar-refractivity contribution < 1.29 is 28.9 Å². The number of hydrogen-bond acceptors (Lipinski definition) is 7. The summed E-state index contributed by atoms with van der Waals surface area (Å²) in [5.74, 6) is -2.01. The number of aliphatic imine (C=N–C) groups is 1. The van der Waals surface area contributed by atoms with Gasteiger partial charge in [0.15, 0.2) is 0 Å². The van der Waals surface area contributed by atoms with Crippen LogP contribution >= 0.6 is 0 Å². The van der Waals surface area contributed by atoms with Crippen molar-refractivity contribution in [1.82, 2.24) is 0 Å². The molecule has 7 heteroatoms. The predicted octanol–water partition coefficient (Wildman–Crippen LogP) is 2.63. The highest BCUT2D eigenvalue weighted by Gasteiger charge is 2.43. The summed E-state index contributed by atoms with van der Waals surface area (Å²) >= 11 is 0. The molecule has 0 bridgehead atoms. The first kappa shape index (κ1) is 21.6. The summed E-state index contributed by atoms with van der Waals surface area (Å²) < 4.78 is 16.1. The van der Waals surface area contributed by atoms with Crippen molar-refractivity contribution in [2.75, 3.05) is 20.3 Å². The number of para-hydroxylation sites is 1. The molecule has 0 aromatic heterocycles. The highest BCUT2D eigenvalue weighted by Crippen LogP contribution is 2.43. The molecule has 2 atom stereocenters. The lowest BCUT2D eigenvalue weighted by Gasteiger charge is -2.32. The van der Waals surface area contributed by atoms with E-state index in [9.17, 15) is 9.59 Å². The normalized spacial score (nSPS) is 19.3. The summed E-state index contributed by atoms with van der Waals surface area (Å²) in [4.78, 5) is 30.2. The molecule has 7 nitrogen and oxygen atoms in total. The molecule has 152 valence electrons. The number of allylic oxidation sites excluding steroid dienone is 1. The fourth-order valence-corrected chi connectivity index (χ4v) is 3.39. The maximum absolute atomic E-state index is 12.9. The van der Waals surface area contributed by atoms with Crippen LogP contribution in [0.2, 0.25) is 0 Å². The number of methoxy groups -OCH3 is 1. The standard InChI is InChI=1S/C21H27NO6/c1-12(2)28-21(25)18-14(4)22-13(3)17(20(24)27-11-10-23)19(18)15-8-6-7-9-16(15)26-5/h6-9,12,18-19,23H,10-11H2,1-5H3. The monoisotopic (exact) mass is 389 g/mol. The van der Waals surface area contributed by atoms with Gasteiger partial charge in [0.2, 0.25) is 0 Å². The van der Waals surface area contributed by atoms with Crippen LogP contribution in [-0.2, 0) is 19.1 Å². The molecular weight excluding hydrogens is 362 g/mol. The topological polar surface area (TPSA) is 94.4 Å². The largest absolute Gasteiger partial charge is 0.496 e. The average molecular weight is 389 g/mol. The molecule has 0 fully saturated rings. The van der Waals surface area contributed by atoms with E-state index >= 15 is 0 Å². The van der Waals surface area contributed by atoms with Crippen molar-refractivity contribution in [2.45, 2.75) is 39.7 Å². The molecule has 0 saturated carbocycles. The zero-order valence-electron chi connectivity index (χ0n) is 16.9. The molecule has 0 spiro atoms. The number of benzene rings is 1. The maximum atomic E-state index is 12.9. The highest BCUT2D eigenvalue weighted by molar-refractivity contribution is 6.07. The van der Waals surface area contributed by atoms with Crippen LogP contribution in [0.1, 0.15) is 39.2 Å². The maximum Gasteiger partial charge on any atom is 0.336 e. The Bertz CT molecular complexity index is 796. The molecule has 1 aromatic carbocycles. The third-order valence-electron chi connectivity index (χ3n) is 4.45. The summed E-state index contributed by atoms with van der Waals surface area (Å²) in [6, 6.07) is 7.21. The first-order valence-electron chi connectivity index (χ1n) is 9.19. The number of rotatable bonds is 7. The molecule has 28 heavy (non-hydrogen) atoms. The van der Waals surface area contributed by atoms with Crippen molar-refractivity contribution in [3.63, 3.8) is 0 Å². The Morgan fingerprint density at radius 2 is 1.89 bits per heavy atom. The van der Waals surface area contributed by atoms with Gasteiger partial charge < -0.3 is 19.3 Å². The van der Waals surface area contributed by atoms with Crippen LogP contribution in [-0.4, -0.2) is 49.2 Å². The van der Waals surface area contributed by atoms with E-state index in [2.05, 4.69) is 4.99 Å². The van der Waals surface area contributed by atoms with Crippen LogP contribution in [0.4, 0.5) is 0 Å². The first-order valence-corrected chi connectivity index (χ1v) is 9.19. The zero-order chi connectivity index (χ0) is 20.8. The average Bonchev–Trinajstić information content (AvgIpc) is 2.64. The van der Waals surface area contributed by atoms with Gasteiger partial charge >= 0.3 is 11.9 Å². The van der Waals surface area contributed by atoms with Gasteiger partial charge in [-0.2, -0.15) is 0 Å². The Morgan fingerprint density at radius 3 is 2.50 bits per heavy atom. The van der Waals surface area contributed by atoms with Gasteiger partial charge in [-0.1, -0.05) is 18.2 Å². The fourth-order valence-electron chi connectivity index (χ4n) is 3.39. The predicted molar refractivity (Wildman–Crippen MR) is 104 cm³/mol. The minimum atomic E-state index is -0.793. The minimum absolute atomic E-state index is 0.141. The second kappa shape index (κ2) is 9.50. The lowest BCUT2D eigenvalue weighted by Crippen LogP contribution is -2.37. The molecule has 2 unspecified atom stereocenters. The summed E-state index contributed by atoms with van der Waals surface area (Å²) in [7, 11) is 1.53. The molecular formula is C21H27NO6. The van der Waals surface area contributed by atoms with Crippen LogP contribution in [0.25, 0.3) is 0 Å². The second-order valence-corrected chi connectivity index (χ2v) is 6.79. The molecule has 1 aliphatic heterocycles. The van der Waals surface area contributed by atoms with Gasteiger partial charge in [0.1, 0.15) is 18.3 Å². The Kier molecular flexibility index (Phi) is 7.34. The Labute approximate surface area is 165 Å². The third kappa shape index (κ3) is 4.59. The zero-order valence-corrected chi connectivity index (χ0v) is 16.9. The molecule has 0 radical (unpaired) electrons. The summed E-state index contributed by atoms with van der Waals surface area (Å²) in [5.41, 5.74) is 1.94. The van der Waals surface area contributed by atoms with Crippen molar-refractivity contribution in [3.05, 3.63) is 41.1 Å². The highest BCUT2D eigenvalue weighted by atomic mass is 16.5. The quantitative estimate of drug-likeness (QED) is 0.721. The van der Waals surface area contributed by atoms with Gasteiger partial charge in [0.25, 0.3) is 0 Å². The fraction of sp³-hybridized carbons (Fsp3) is 0.476. The van der Waals surface area contributed by atoms with Gasteiger partial charge in [-0.15, -0.1) is 0 Å². The second-order valence-electron chi connectivity index (χ2n) is 6.79. The molecule has 1 aliphatic rings. The van der Waals surface area contributed by atoms with Gasteiger partial charge in [0, 0.05) is 22.9 Å². The smallest absolute Gasteiger partial charge is 0.336 e. The number of nitrogens with zero attached hydrogens (tertiary/aromatic N) is 1. The number of hydrogen-bond donors (Lipinski definition) is 1. The molecule has 1 N–H and O–H groups in total. The van der Waals surface area contributed by atoms with Crippen molar-refractivity contribution in [3.8, 4) is 5.75 Å². The van der Waals surface area contributed by atoms with E-state index in [4.69, 9.17) is 19.3 Å². The Hall–Kier alpha value is -2.67. The lowest BCUT2D eigenvalue weighted by atomic mass is 9.75. The van der Waals surface area contributed by atoms with E-state index in [1.807, 2.05) is 18.2 Å². The molecule has 2 rings (SSSR count). The summed E-state index contributed by atoms with van der Waals surface area (Å²) in [6.07, 6.45) is -0.310. The van der Waals surface area contributed by atoms with E-state index in [-0.39, 0.29) is 24.9 Å². The van der Waals surface area contributed by atoms with Gasteiger partial charge in [-0.05, 0) is 33.8 Å². The van der Waals surface area contributed by atoms with E-state index in [1.54, 1.807) is 33.8 Å². The van der Waals surface area contributed by atoms with Crippen molar-refractivity contribution in [1.29, 1.82) is 0 Å². The van der Waals surface area contributed by atoms with E-state index in [1.165, 1.54) is 7.11 Å². The van der Waals surface area contributed by atoms with Crippen LogP contribution in [0.3, 0.4) is 0 Å². The van der Waals surface area contributed by atoms with Crippen LogP contribution in [0.15, 0.2) is 40.5 Å². The molecule has 1 heterocycles. The Morgan fingerprint density at radius 1 is 1.21 bits per heavy atom. The number of carbonyl (C=O) groups excluding carboxylic acids is 2. The number of ether oxygens (including phenoxy) is 3. The number of esters is 2. The number of carbonyl (C=O) groups is 2. The summed E-state index contributed by atoms with van der Waals surface area (Å²) in [6.45, 7) is 6.54. The SMILES string of the molecule is COc1ccccc1C1C(C(=O)OCCO)=C(C)N=C(C)C1C(=O)OC(C)C. The lowest BCUT2D eigenvalue weighted by molar-refractivity contribution is -0.150. The molecule has 0 saturated heterocycles. The van der Waals surface area contributed by atoms with Gasteiger partial charge in [-0.3, -0.25) is 9.79 Å². The van der Waals surface area contributed by atoms with Crippen LogP contribution < -0.4 is 4.74 Å². The minimum Gasteiger partial charge on any atom is -0.496 e. The van der Waals surface area contributed by atoms with Crippen LogP contribution in [0.5, 0.6) is 5.75 Å². The van der Waals surface area contributed by atoms with Gasteiger partial charge in [-0.25, -0.2) is 4.79 Å². The Balaban J connectivity index is 2.64. The van der Waals surface area contributed by atoms with E-state index in [0.717, 1.165) is 0 Å². The summed E-state index contributed by atoms with van der Waals surface area (Å²) in [5, 5.41) is 9.01. The van der Waals surface area contributed by atoms with Crippen molar-refractivity contribution >= 4 is 17.7 Å². The molecule has 0 amide bonds. The van der Waals surface area contributed by atoms with E-state index < -0.39 is 23.8 Å². The number of aliphatic hydroxyl groups is 1. The van der Waals surface area contributed by atoms with Gasteiger partial charge in [0.05, 0.1) is 25.4 Å². The van der Waals surface area contributed by atoms with Crippen molar-refractivity contribution in [2.24, 2.45) is 10.9 Å². The molecule has 1 aromatic rings. The third-order valence-corrected chi connectivity index (χ3v) is 4.45. The first-order chi connectivity index (χ1) is 13.3. The molecule has 0 aliphatic carbocycles. The van der Waals surface area contributed by atoms with E-state index in [0.29, 0.717) is 22.7 Å². The number of aliphatic hydroxyl groups excluding tert-OH is 1.